The lowest BCUT2D eigenvalue weighted by Crippen LogP contribution is -2.39. The number of nitrogens with zero attached hydrogens (tertiary/aromatic N) is 1. The summed E-state index contributed by atoms with van der Waals surface area (Å²) >= 11 is 0. The van der Waals surface area contributed by atoms with Gasteiger partial charge in [0.1, 0.15) is 11.9 Å². The van der Waals surface area contributed by atoms with E-state index in [1.54, 1.807) is 0 Å². The van der Waals surface area contributed by atoms with Gasteiger partial charge in [-0.25, -0.2) is 0 Å². The highest BCUT2D eigenvalue weighted by atomic mass is 16.5. The van der Waals surface area contributed by atoms with Crippen LogP contribution in [0.25, 0.3) is 0 Å². The third kappa shape index (κ3) is 2.46. The summed E-state index contributed by atoms with van der Waals surface area (Å²) in [6.07, 6.45) is 0.813. The number of nitrogens with one attached hydrogen (secondary N) is 1. The molecule has 2 bridgehead atoms. The molecule has 1 amide bonds. The summed E-state index contributed by atoms with van der Waals surface area (Å²) < 4.78 is 6.09. The van der Waals surface area contributed by atoms with Gasteiger partial charge in [-0.1, -0.05) is 42.5 Å². The van der Waals surface area contributed by atoms with Crippen LogP contribution in [0, 0.1) is 0 Å². The van der Waals surface area contributed by atoms with Crippen molar-refractivity contribution in [3.63, 3.8) is 0 Å². The van der Waals surface area contributed by atoms with Gasteiger partial charge in [-0.05, 0) is 17.7 Å². The van der Waals surface area contributed by atoms with E-state index in [1.165, 1.54) is 5.56 Å². The number of benzene rings is 2. The molecule has 0 radical (unpaired) electrons. The topological polar surface area (TPSA) is 41.6 Å². The molecule has 2 aliphatic rings. The van der Waals surface area contributed by atoms with Gasteiger partial charge in [0.2, 0.25) is 5.91 Å². The van der Waals surface area contributed by atoms with Crippen LogP contribution in [-0.4, -0.2) is 29.5 Å². The summed E-state index contributed by atoms with van der Waals surface area (Å²) in [5.74, 6) is 0.829. The van der Waals surface area contributed by atoms with Gasteiger partial charge >= 0.3 is 0 Å². The minimum absolute atomic E-state index is 0.0641. The highest BCUT2D eigenvalue weighted by Crippen LogP contribution is 2.33. The quantitative estimate of drug-likeness (QED) is 0.926. The van der Waals surface area contributed by atoms with Crippen molar-refractivity contribution in [2.75, 3.05) is 11.9 Å². The number of hydrogen-bond donors (Lipinski definition) is 1. The van der Waals surface area contributed by atoms with Gasteiger partial charge in [0.25, 0.3) is 0 Å². The average Bonchev–Trinajstić information content (AvgIpc) is 2.93. The highest BCUT2D eigenvalue weighted by Gasteiger charge is 2.39. The van der Waals surface area contributed by atoms with Crippen molar-refractivity contribution in [1.82, 2.24) is 4.90 Å². The number of para-hydroxylation sites is 2. The Morgan fingerprint density at radius 2 is 1.86 bits per heavy atom. The summed E-state index contributed by atoms with van der Waals surface area (Å²) in [5, 5.41) is 3.00. The molecule has 22 heavy (non-hydrogen) atoms. The lowest BCUT2D eigenvalue weighted by Gasteiger charge is -2.23. The third-order valence-corrected chi connectivity index (χ3v) is 4.33. The molecule has 2 heterocycles. The van der Waals surface area contributed by atoms with Crippen molar-refractivity contribution < 1.29 is 9.53 Å². The van der Waals surface area contributed by atoms with Crippen molar-refractivity contribution in [2.24, 2.45) is 0 Å². The van der Waals surface area contributed by atoms with Gasteiger partial charge in [0.05, 0.1) is 11.7 Å². The van der Waals surface area contributed by atoms with E-state index in [0.717, 1.165) is 30.9 Å². The molecule has 1 fully saturated rings. The first-order chi connectivity index (χ1) is 10.8. The van der Waals surface area contributed by atoms with Crippen LogP contribution in [-0.2, 0) is 11.3 Å². The molecule has 0 aromatic heterocycles. The number of carbonyl (C=O) groups is 1. The van der Waals surface area contributed by atoms with Gasteiger partial charge in [-0.2, -0.15) is 0 Å². The van der Waals surface area contributed by atoms with Gasteiger partial charge < -0.3 is 10.1 Å². The van der Waals surface area contributed by atoms with Crippen LogP contribution in [0.5, 0.6) is 5.75 Å². The molecular weight excluding hydrogens is 276 g/mol. The molecule has 2 atom stereocenters. The summed E-state index contributed by atoms with van der Waals surface area (Å²) in [6, 6.07) is 17.8. The summed E-state index contributed by atoms with van der Waals surface area (Å²) in [5.41, 5.74) is 1.99. The fourth-order valence-electron chi connectivity index (χ4n) is 3.28. The van der Waals surface area contributed by atoms with Crippen LogP contribution < -0.4 is 10.1 Å². The number of hydrogen-bond acceptors (Lipinski definition) is 3. The normalized spacial score (nSPS) is 23.9. The smallest absolute Gasteiger partial charge is 0.241 e. The molecule has 0 saturated carbocycles. The van der Waals surface area contributed by atoms with Gasteiger partial charge in [0.15, 0.2) is 0 Å². The van der Waals surface area contributed by atoms with Crippen molar-refractivity contribution in [3.05, 3.63) is 60.2 Å². The predicted octanol–water partition coefficient (Wildman–Crippen LogP) is 2.66. The summed E-state index contributed by atoms with van der Waals surface area (Å²) in [6.45, 7) is 1.55. The van der Waals surface area contributed by atoms with Gasteiger partial charge in [0, 0.05) is 19.5 Å². The maximum atomic E-state index is 12.6. The fraction of sp³-hybridized carbons (Fsp3) is 0.278. The van der Waals surface area contributed by atoms with Crippen LogP contribution >= 0.6 is 0 Å². The molecule has 2 aromatic carbocycles. The third-order valence-electron chi connectivity index (χ3n) is 4.33. The second-order valence-corrected chi connectivity index (χ2v) is 5.89. The zero-order chi connectivity index (χ0) is 14.9. The van der Waals surface area contributed by atoms with E-state index < -0.39 is 0 Å². The van der Waals surface area contributed by atoms with Gasteiger partial charge in [-0.15, -0.1) is 0 Å². The van der Waals surface area contributed by atoms with E-state index in [-0.39, 0.29) is 18.1 Å². The van der Waals surface area contributed by atoms with E-state index in [2.05, 4.69) is 22.3 Å². The second-order valence-electron chi connectivity index (χ2n) is 5.89. The maximum absolute atomic E-state index is 12.6. The minimum atomic E-state index is -0.126. The molecular formula is C18H18N2O2. The Balaban J connectivity index is 1.59. The van der Waals surface area contributed by atoms with Crippen LogP contribution in [0.15, 0.2) is 54.6 Å². The standard InChI is InChI=1S/C18H18N2O2/c21-18-16-10-14(22-17-9-5-4-8-15(17)19-18)12-20(16)11-13-6-2-1-3-7-13/h1-9,14,16H,10-12H2,(H,19,21). The number of amides is 1. The molecule has 2 aromatic rings. The monoisotopic (exact) mass is 294 g/mol. The Morgan fingerprint density at radius 1 is 1.09 bits per heavy atom. The number of anilines is 1. The zero-order valence-electron chi connectivity index (χ0n) is 12.2. The Bertz CT molecular complexity index is 686. The van der Waals surface area contributed by atoms with Gasteiger partial charge in [-0.3, -0.25) is 9.69 Å². The number of fused-ring (bicyclic) bond motifs is 3. The SMILES string of the molecule is O=C1Nc2ccccc2OC2CC1N(Cc1ccccc1)C2. The van der Waals surface area contributed by atoms with E-state index in [0.29, 0.717) is 0 Å². The van der Waals surface area contributed by atoms with E-state index in [1.807, 2.05) is 42.5 Å². The van der Waals surface area contributed by atoms with Crippen molar-refractivity contribution >= 4 is 11.6 Å². The van der Waals surface area contributed by atoms with Crippen molar-refractivity contribution in [1.29, 1.82) is 0 Å². The lowest BCUT2D eigenvalue weighted by molar-refractivity contribution is -0.120. The average molecular weight is 294 g/mol. The largest absolute Gasteiger partial charge is 0.487 e. The van der Waals surface area contributed by atoms with Crippen LogP contribution in [0.3, 0.4) is 0 Å². The molecule has 4 heteroatoms. The molecule has 0 aliphatic carbocycles. The Morgan fingerprint density at radius 3 is 2.73 bits per heavy atom. The van der Waals surface area contributed by atoms with Crippen molar-refractivity contribution in [3.8, 4) is 5.75 Å². The van der Waals surface area contributed by atoms with Crippen LogP contribution in [0.2, 0.25) is 0 Å². The first kappa shape index (κ1) is 13.3. The highest BCUT2D eigenvalue weighted by molar-refractivity contribution is 5.96. The van der Waals surface area contributed by atoms with E-state index in [9.17, 15) is 4.79 Å². The molecule has 0 spiro atoms. The number of rotatable bonds is 2. The maximum Gasteiger partial charge on any atom is 0.241 e. The van der Waals surface area contributed by atoms with Crippen molar-refractivity contribution in [2.45, 2.75) is 25.1 Å². The first-order valence-corrected chi connectivity index (χ1v) is 7.64. The lowest BCUT2D eigenvalue weighted by atomic mass is 10.1. The molecule has 2 aliphatic heterocycles. The fourth-order valence-corrected chi connectivity index (χ4v) is 3.28. The van der Waals surface area contributed by atoms with E-state index in [4.69, 9.17) is 4.74 Å². The van der Waals surface area contributed by atoms with Crippen LogP contribution in [0.4, 0.5) is 5.69 Å². The molecule has 4 rings (SSSR count). The minimum Gasteiger partial charge on any atom is -0.487 e. The zero-order valence-corrected chi connectivity index (χ0v) is 12.2. The number of ether oxygens (including phenoxy) is 1. The number of carbonyl (C=O) groups excluding carboxylic acids is 1. The molecule has 1 saturated heterocycles. The summed E-state index contributed by atoms with van der Waals surface area (Å²) in [4.78, 5) is 14.8. The molecule has 2 unspecified atom stereocenters. The molecule has 112 valence electrons. The molecule has 4 nitrogen and oxygen atoms in total. The second kappa shape index (κ2) is 5.46. The van der Waals surface area contributed by atoms with E-state index >= 15 is 0 Å². The number of likely N-dealkylation sites (tertiary alicyclic amines) is 1. The first-order valence-electron chi connectivity index (χ1n) is 7.64. The predicted molar refractivity (Wildman–Crippen MR) is 84.7 cm³/mol. The Hall–Kier alpha value is -2.33. The Labute approximate surface area is 129 Å². The van der Waals surface area contributed by atoms with Crippen LogP contribution in [0.1, 0.15) is 12.0 Å². The molecule has 1 N–H and O–H groups in total. The summed E-state index contributed by atoms with van der Waals surface area (Å²) in [7, 11) is 0. The Kier molecular flexibility index (Phi) is 3.31.